The Hall–Kier alpha value is -0.210. The summed E-state index contributed by atoms with van der Waals surface area (Å²) in [5.74, 6) is 0. The average molecular weight is 249 g/mol. The minimum atomic E-state index is -3.36. The second-order valence-corrected chi connectivity index (χ2v) is 6.16. The number of hydrogen-bond acceptors (Lipinski definition) is 4. The van der Waals surface area contributed by atoms with E-state index in [0.717, 1.165) is 12.8 Å². The summed E-state index contributed by atoms with van der Waals surface area (Å²) in [6.07, 6.45) is 1.70. The van der Waals surface area contributed by atoms with Crippen LogP contribution in [0, 0.1) is 0 Å². The van der Waals surface area contributed by atoms with Gasteiger partial charge >= 0.3 is 0 Å². The summed E-state index contributed by atoms with van der Waals surface area (Å²) in [5, 5.41) is 0. The van der Waals surface area contributed by atoms with Crippen molar-refractivity contribution in [1.82, 2.24) is 9.03 Å². The van der Waals surface area contributed by atoms with Gasteiger partial charge in [-0.1, -0.05) is 0 Å². The third-order valence-electron chi connectivity index (χ3n) is 2.91. The van der Waals surface area contributed by atoms with Crippen LogP contribution < -0.4 is 10.5 Å². The Morgan fingerprint density at radius 1 is 1.50 bits per heavy atom. The molecule has 0 aromatic rings. The summed E-state index contributed by atoms with van der Waals surface area (Å²) in [7, 11) is -3.36. The van der Waals surface area contributed by atoms with E-state index < -0.39 is 10.2 Å². The standard InChI is InChI=1S/C9H19N3O3S/c1-7-6-15-9(4-10)5-12(7)16(13,14)11-8-2-3-8/h7-9,11H,2-6,10H2,1H3. The van der Waals surface area contributed by atoms with Crippen LogP contribution in [0.15, 0.2) is 0 Å². The number of nitrogens with zero attached hydrogens (tertiary/aromatic N) is 1. The van der Waals surface area contributed by atoms with Crippen LogP contribution in [0.25, 0.3) is 0 Å². The normalized spacial score (nSPS) is 32.9. The summed E-state index contributed by atoms with van der Waals surface area (Å²) in [5.41, 5.74) is 5.50. The van der Waals surface area contributed by atoms with Gasteiger partial charge in [-0.25, -0.2) is 0 Å². The van der Waals surface area contributed by atoms with Crippen molar-refractivity contribution in [3.8, 4) is 0 Å². The van der Waals surface area contributed by atoms with Crippen LogP contribution in [-0.4, -0.2) is 50.6 Å². The molecule has 1 aliphatic heterocycles. The molecule has 0 bridgehead atoms. The smallest absolute Gasteiger partial charge is 0.280 e. The van der Waals surface area contributed by atoms with Crippen LogP contribution in [0.5, 0.6) is 0 Å². The predicted molar refractivity (Wildman–Crippen MR) is 60.0 cm³/mol. The van der Waals surface area contributed by atoms with E-state index in [0.29, 0.717) is 19.7 Å². The lowest BCUT2D eigenvalue weighted by molar-refractivity contribution is -0.0224. The van der Waals surface area contributed by atoms with E-state index >= 15 is 0 Å². The number of morpholine rings is 1. The van der Waals surface area contributed by atoms with Gasteiger partial charge in [0, 0.05) is 25.2 Å². The number of hydrogen-bond donors (Lipinski definition) is 2. The van der Waals surface area contributed by atoms with Crippen molar-refractivity contribution in [1.29, 1.82) is 0 Å². The minimum Gasteiger partial charge on any atom is -0.374 e. The van der Waals surface area contributed by atoms with Gasteiger partial charge < -0.3 is 10.5 Å². The number of ether oxygens (including phenoxy) is 1. The molecule has 1 saturated heterocycles. The molecule has 0 radical (unpaired) electrons. The van der Waals surface area contributed by atoms with Crippen LogP contribution in [0.4, 0.5) is 0 Å². The lowest BCUT2D eigenvalue weighted by Gasteiger charge is -2.36. The second kappa shape index (κ2) is 4.58. The Labute approximate surface area is 96.3 Å². The maximum absolute atomic E-state index is 12.0. The molecule has 2 rings (SSSR count). The van der Waals surface area contributed by atoms with Crippen LogP contribution in [0.2, 0.25) is 0 Å². The van der Waals surface area contributed by atoms with Gasteiger partial charge in [0.25, 0.3) is 10.2 Å². The van der Waals surface area contributed by atoms with Gasteiger partial charge in [0.15, 0.2) is 0 Å². The Kier molecular flexibility index (Phi) is 3.50. The molecule has 6 nitrogen and oxygen atoms in total. The van der Waals surface area contributed by atoms with Crippen molar-refractivity contribution in [2.75, 3.05) is 19.7 Å². The topological polar surface area (TPSA) is 84.7 Å². The van der Waals surface area contributed by atoms with Crippen molar-refractivity contribution in [2.24, 2.45) is 5.73 Å². The van der Waals surface area contributed by atoms with Gasteiger partial charge in [-0.2, -0.15) is 17.4 Å². The van der Waals surface area contributed by atoms with Crippen LogP contribution >= 0.6 is 0 Å². The summed E-state index contributed by atoms with van der Waals surface area (Å²) < 4.78 is 33.6. The van der Waals surface area contributed by atoms with Crippen molar-refractivity contribution < 1.29 is 13.2 Å². The molecule has 2 aliphatic rings. The van der Waals surface area contributed by atoms with E-state index in [-0.39, 0.29) is 18.2 Å². The van der Waals surface area contributed by atoms with Crippen molar-refractivity contribution in [3.63, 3.8) is 0 Å². The molecule has 1 heterocycles. The summed E-state index contributed by atoms with van der Waals surface area (Å²) in [4.78, 5) is 0. The van der Waals surface area contributed by atoms with Crippen LogP contribution in [0.3, 0.4) is 0 Å². The number of nitrogens with one attached hydrogen (secondary N) is 1. The van der Waals surface area contributed by atoms with Gasteiger partial charge in [-0.15, -0.1) is 0 Å². The van der Waals surface area contributed by atoms with Gasteiger partial charge in [-0.05, 0) is 19.8 Å². The predicted octanol–water partition coefficient (Wildman–Crippen LogP) is -0.969. The Bertz CT molecular complexity index is 342. The molecule has 1 saturated carbocycles. The molecule has 7 heteroatoms. The highest BCUT2D eigenvalue weighted by Gasteiger charge is 2.37. The maximum Gasteiger partial charge on any atom is 0.280 e. The molecule has 94 valence electrons. The summed E-state index contributed by atoms with van der Waals surface area (Å²) >= 11 is 0. The lowest BCUT2D eigenvalue weighted by Crippen LogP contribution is -2.56. The van der Waals surface area contributed by atoms with Gasteiger partial charge in [0.05, 0.1) is 12.7 Å². The minimum absolute atomic E-state index is 0.126. The van der Waals surface area contributed by atoms with Gasteiger partial charge in [0.2, 0.25) is 0 Å². The molecule has 0 spiro atoms. The first-order valence-electron chi connectivity index (χ1n) is 5.63. The number of rotatable bonds is 4. The second-order valence-electron chi connectivity index (χ2n) is 4.51. The van der Waals surface area contributed by atoms with Gasteiger partial charge in [-0.3, -0.25) is 0 Å². The molecule has 0 aromatic carbocycles. The van der Waals surface area contributed by atoms with Crippen LogP contribution in [-0.2, 0) is 14.9 Å². The average Bonchev–Trinajstić information content (AvgIpc) is 3.01. The maximum atomic E-state index is 12.0. The van der Waals surface area contributed by atoms with E-state index in [4.69, 9.17) is 10.5 Å². The Morgan fingerprint density at radius 3 is 2.75 bits per heavy atom. The molecule has 3 N–H and O–H groups in total. The third kappa shape index (κ3) is 2.72. The SMILES string of the molecule is CC1COC(CN)CN1S(=O)(=O)NC1CC1. The van der Waals surface area contributed by atoms with E-state index in [1.807, 2.05) is 6.92 Å². The molecule has 2 fully saturated rings. The summed E-state index contributed by atoms with van der Waals surface area (Å²) in [6, 6.07) is 0.00965. The number of nitrogens with two attached hydrogens (primary N) is 1. The first-order chi connectivity index (χ1) is 7.53. The molecule has 0 amide bonds. The fourth-order valence-corrected chi connectivity index (χ4v) is 3.44. The third-order valence-corrected chi connectivity index (χ3v) is 4.67. The Morgan fingerprint density at radius 2 is 2.19 bits per heavy atom. The molecular formula is C9H19N3O3S. The van der Waals surface area contributed by atoms with Crippen LogP contribution in [0.1, 0.15) is 19.8 Å². The fourth-order valence-electron chi connectivity index (χ4n) is 1.75. The summed E-state index contributed by atoms with van der Waals surface area (Å²) in [6.45, 7) is 2.95. The zero-order chi connectivity index (χ0) is 11.8. The molecular weight excluding hydrogens is 230 g/mol. The highest BCUT2D eigenvalue weighted by atomic mass is 32.2. The zero-order valence-corrected chi connectivity index (χ0v) is 10.2. The van der Waals surface area contributed by atoms with Gasteiger partial charge in [0.1, 0.15) is 0 Å². The van der Waals surface area contributed by atoms with E-state index in [1.54, 1.807) is 0 Å². The quantitative estimate of drug-likeness (QED) is 0.671. The molecule has 0 aromatic heterocycles. The van der Waals surface area contributed by atoms with Crippen molar-refractivity contribution in [3.05, 3.63) is 0 Å². The highest BCUT2D eigenvalue weighted by molar-refractivity contribution is 7.87. The molecule has 2 unspecified atom stereocenters. The first-order valence-corrected chi connectivity index (χ1v) is 7.07. The first kappa shape index (κ1) is 12.3. The fraction of sp³-hybridized carbons (Fsp3) is 1.00. The van der Waals surface area contributed by atoms with E-state index in [1.165, 1.54) is 4.31 Å². The van der Waals surface area contributed by atoms with E-state index in [9.17, 15) is 8.42 Å². The largest absolute Gasteiger partial charge is 0.374 e. The zero-order valence-electron chi connectivity index (χ0n) is 9.43. The molecule has 16 heavy (non-hydrogen) atoms. The van der Waals surface area contributed by atoms with E-state index in [2.05, 4.69) is 4.72 Å². The lowest BCUT2D eigenvalue weighted by atomic mass is 10.2. The monoisotopic (exact) mass is 249 g/mol. The molecule has 2 atom stereocenters. The molecule has 1 aliphatic carbocycles. The van der Waals surface area contributed by atoms with Crippen molar-refractivity contribution in [2.45, 2.75) is 38.0 Å². The highest BCUT2D eigenvalue weighted by Crippen LogP contribution is 2.22. The van der Waals surface area contributed by atoms with Crippen molar-refractivity contribution >= 4 is 10.2 Å². The Balaban J connectivity index is 2.04.